The summed E-state index contributed by atoms with van der Waals surface area (Å²) in [7, 11) is -3.25. The van der Waals surface area contributed by atoms with Crippen molar-refractivity contribution in [2.45, 2.75) is 43.8 Å². The van der Waals surface area contributed by atoms with Crippen molar-refractivity contribution in [2.24, 2.45) is 0 Å². The van der Waals surface area contributed by atoms with Crippen LogP contribution in [0.4, 0.5) is 15.8 Å². The van der Waals surface area contributed by atoms with Crippen LogP contribution >= 0.6 is 0 Å². The van der Waals surface area contributed by atoms with Crippen LogP contribution in [-0.2, 0) is 19.4 Å². The SMILES string of the molecule is CC1CN(c2ccc(NC(=O)CCCOc3ccc(S(C)(=O)=O)cc3)cc2F)CC(C)O1. The van der Waals surface area contributed by atoms with E-state index < -0.39 is 9.84 Å². The predicted octanol–water partition coefficient (Wildman–Crippen LogP) is 3.64. The van der Waals surface area contributed by atoms with Crippen LogP contribution in [-0.4, -0.2) is 52.5 Å². The molecule has 0 bridgehead atoms. The Labute approximate surface area is 188 Å². The number of carbonyl (C=O) groups is 1. The van der Waals surface area contributed by atoms with Gasteiger partial charge < -0.3 is 19.7 Å². The fourth-order valence-electron chi connectivity index (χ4n) is 3.64. The highest BCUT2D eigenvalue weighted by Crippen LogP contribution is 2.26. The van der Waals surface area contributed by atoms with Crippen molar-refractivity contribution >= 4 is 27.1 Å². The van der Waals surface area contributed by atoms with Crippen LogP contribution in [0.2, 0.25) is 0 Å². The van der Waals surface area contributed by atoms with Crippen LogP contribution < -0.4 is 15.0 Å². The number of benzene rings is 2. The fraction of sp³-hybridized carbons (Fsp3) is 0.435. The molecule has 0 radical (unpaired) electrons. The molecule has 0 aliphatic carbocycles. The Morgan fingerprint density at radius 3 is 2.41 bits per heavy atom. The molecule has 0 saturated carbocycles. The Morgan fingerprint density at radius 1 is 1.16 bits per heavy atom. The van der Waals surface area contributed by atoms with E-state index in [2.05, 4.69) is 5.32 Å². The highest BCUT2D eigenvalue weighted by molar-refractivity contribution is 7.90. The van der Waals surface area contributed by atoms with Crippen LogP contribution in [0.15, 0.2) is 47.4 Å². The molecule has 1 aliphatic rings. The second kappa shape index (κ2) is 10.3. The number of nitrogens with one attached hydrogen (secondary N) is 1. The van der Waals surface area contributed by atoms with E-state index in [9.17, 15) is 17.6 Å². The number of carbonyl (C=O) groups excluding carboxylic acids is 1. The molecule has 1 heterocycles. The molecule has 1 amide bonds. The first-order valence-corrected chi connectivity index (χ1v) is 12.4. The Bertz CT molecular complexity index is 1030. The standard InChI is InChI=1S/C23H29FN2O5S/c1-16-14-26(15-17(2)31-16)22-11-6-18(13-21(22)24)25-23(27)5-4-12-30-19-7-9-20(10-8-19)32(3,28)29/h6-11,13,16-17H,4-5,12,14-15H2,1-3H3,(H,25,27). The number of ether oxygens (including phenoxy) is 2. The number of hydrogen-bond acceptors (Lipinski definition) is 6. The van der Waals surface area contributed by atoms with Gasteiger partial charge in [-0.3, -0.25) is 4.79 Å². The second-order valence-electron chi connectivity index (χ2n) is 8.07. The predicted molar refractivity (Wildman–Crippen MR) is 122 cm³/mol. The summed E-state index contributed by atoms with van der Waals surface area (Å²) in [6.07, 6.45) is 1.87. The highest BCUT2D eigenvalue weighted by atomic mass is 32.2. The molecule has 0 spiro atoms. The van der Waals surface area contributed by atoms with Gasteiger partial charge in [-0.15, -0.1) is 0 Å². The average molecular weight is 465 g/mol. The highest BCUT2D eigenvalue weighted by Gasteiger charge is 2.24. The molecule has 32 heavy (non-hydrogen) atoms. The van der Waals surface area contributed by atoms with Gasteiger partial charge >= 0.3 is 0 Å². The maximum atomic E-state index is 14.6. The van der Waals surface area contributed by atoms with Crippen LogP contribution in [0.5, 0.6) is 5.75 Å². The Hall–Kier alpha value is -2.65. The normalized spacial score (nSPS) is 18.9. The molecule has 7 nitrogen and oxygen atoms in total. The zero-order valence-electron chi connectivity index (χ0n) is 18.5. The topological polar surface area (TPSA) is 84.9 Å². The molecule has 2 aromatic carbocycles. The van der Waals surface area contributed by atoms with E-state index in [1.165, 1.54) is 18.2 Å². The smallest absolute Gasteiger partial charge is 0.224 e. The maximum absolute atomic E-state index is 14.6. The lowest BCUT2D eigenvalue weighted by Crippen LogP contribution is -2.45. The summed E-state index contributed by atoms with van der Waals surface area (Å²) < 4.78 is 48.8. The number of halogens is 1. The first kappa shape index (κ1) is 24.0. The number of amides is 1. The zero-order chi connectivity index (χ0) is 23.3. The van der Waals surface area contributed by atoms with Crippen molar-refractivity contribution in [1.29, 1.82) is 0 Å². The van der Waals surface area contributed by atoms with Gasteiger partial charge in [-0.05, 0) is 62.7 Å². The average Bonchev–Trinajstić information content (AvgIpc) is 2.70. The van der Waals surface area contributed by atoms with Gasteiger partial charge in [-0.25, -0.2) is 12.8 Å². The molecule has 1 N–H and O–H groups in total. The zero-order valence-corrected chi connectivity index (χ0v) is 19.3. The van der Waals surface area contributed by atoms with Crippen molar-refractivity contribution in [3.05, 3.63) is 48.3 Å². The van der Waals surface area contributed by atoms with Crippen molar-refractivity contribution in [3.8, 4) is 5.75 Å². The van der Waals surface area contributed by atoms with Crippen molar-refractivity contribution in [1.82, 2.24) is 0 Å². The monoisotopic (exact) mass is 464 g/mol. The minimum Gasteiger partial charge on any atom is -0.494 e. The minimum atomic E-state index is -3.25. The van der Waals surface area contributed by atoms with Gasteiger partial charge in [0.05, 0.1) is 29.4 Å². The summed E-state index contributed by atoms with van der Waals surface area (Å²) in [5, 5.41) is 2.71. The second-order valence-corrected chi connectivity index (χ2v) is 10.1. The first-order chi connectivity index (χ1) is 15.1. The summed E-state index contributed by atoms with van der Waals surface area (Å²) in [4.78, 5) is 14.4. The summed E-state index contributed by atoms with van der Waals surface area (Å²) in [6.45, 7) is 5.45. The van der Waals surface area contributed by atoms with Gasteiger partial charge in [0.15, 0.2) is 9.84 Å². The lowest BCUT2D eigenvalue weighted by Gasteiger charge is -2.37. The van der Waals surface area contributed by atoms with Gasteiger partial charge in [0, 0.05) is 31.5 Å². The molecule has 174 valence electrons. The van der Waals surface area contributed by atoms with Crippen LogP contribution in [0.3, 0.4) is 0 Å². The Balaban J connectivity index is 1.45. The minimum absolute atomic E-state index is 0.0253. The van der Waals surface area contributed by atoms with E-state index in [1.807, 2.05) is 18.7 Å². The van der Waals surface area contributed by atoms with Crippen LogP contribution in [0.25, 0.3) is 0 Å². The van der Waals surface area contributed by atoms with Crippen LogP contribution in [0, 0.1) is 5.82 Å². The van der Waals surface area contributed by atoms with Gasteiger partial charge in [-0.1, -0.05) is 0 Å². The van der Waals surface area contributed by atoms with Crippen LogP contribution in [0.1, 0.15) is 26.7 Å². The van der Waals surface area contributed by atoms with Gasteiger partial charge in [0.1, 0.15) is 11.6 Å². The molecule has 2 unspecified atom stereocenters. The molecule has 1 fully saturated rings. The molecular formula is C23H29FN2O5S. The van der Waals surface area contributed by atoms with Crippen molar-refractivity contribution in [2.75, 3.05) is 36.2 Å². The summed E-state index contributed by atoms with van der Waals surface area (Å²) in [5.41, 5.74) is 0.906. The Kier molecular flexibility index (Phi) is 7.73. The fourth-order valence-corrected chi connectivity index (χ4v) is 4.28. The third kappa shape index (κ3) is 6.67. The first-order valence-electron chi connectivity index (χ1n) is 10.5. The van der Waals surface area contributed by atoms with Crippen molar-refractivity contribution < 1.29 is 27.1 Å². The lowest BCUT2D eigenvalue weighted by molar-refractivity contribution is -0.116. The molecule has 0 aromatic heterocycles. The van der Waals surface area contributed by atoms with E-state index in [1.54, 1.807) is 24.3 Å². The number of rotatable bonds is 8. The van der Waals surface area contributed by atoms with Gasteiger partial charge in [-0.2, -0.15) is 0 Å². The molecular weight excluding hydrogens is 435 g/mol. The molecule has 1 saturated heterocycles. The molecule has 2 atom stereocenters. The van der Waals surface area contributed by atoms with E-state index in [0.717, 1.165) is 6.26 Å². The number of morpholine rings is 1. The molecule has 9 heteroatoms. The molecule has 3 rings (SSSR count). The van der Waals surface area contributed by atoms with Crippen molar-refractivity contribution in [3.63, 3.8) is 0 Å². The van der Waals surface area contributed by atoms with E-state index in [0.29, 0.717) is 43.2 Å². The molecule has 1 aliphatic heterocycles. The summed E-state index contributed by atoms with van der Waals surface area (Å²) in [6, 6.07) is 10.8. The quantitative estimate of drug-likeness (QED) is 0.601. The lowest BCUT2D eigenvalue weighted by atomic mass is 10.1. The van der Waals surface area contributed by atoms with Gasteiger partial charge in [0.2, 0.25) is 5.91 Å². The third-order valence-corrected chi connectivity index (χ3v) is 6.19. The van der Waals surface area contributed by atoms with E-state index in [4.69, 9.17) is 9.47 Å². The summed E-state index contributed by atoms with van der Waals surface area (Å²) in [5.74, 6) is -0.0889. The van der Waals surface area contributed by atoms with E-state index >= 15 is 0 Å². The molecule has 2 aromatic rings. The number of anilines is 2. The largest absolute Gasteiger partial charge is 0.494 e. The third-order valence-electron chi connectivity index (χ3n) is 5.06. The van der Waals surface area contributed by atoms with Gasteiger partial charge in [0.25, 0.3) is 0 Å². The Morgan fingerprint density at radius 2 is 1.81 bits per heavy atom. The number of hydrogen-bond donors (Lipinski definition) is 1. The summed E-state index contributed by atoms with van der Waals surface area (Å²) >= 11 is 0. The maximum Gasteiger partial charge on any atom is 0.224 e. The van der Waals surface area contributed by atoms with E-state index in [-0.39, 0.29) is 35.2 Å². The number of sulfone groups is 1. The number of nitrogens with zero attached hydrogens (tertiary/aromatic N) is 1.